The summed E-state index contributed by atoms with van der Waals surface area (Å²) in [6, 6.07) is 6.25. The highest BCUT2D eigenvalue weighted by Crippen LogP contribution is 2.15. The zero-order valence-electron chi connectivity index (χ0n) is 9.43. The monoisotopic (exact) mass is 256 g/mol. The van der Waals surface area contributed by atoms with Crippen LogP contribution < -0.4 is 10.5 Å². The molecule has 0 unspecified atom stereocenters. The van der Waals surface area contributed by atoms with Gasteiger partial charge in [0.1, 0.15) is 0 Å². The van der Waals surface area contributed by atoms with Crippen LogP contribution >= 0.6 is 0 Å². The summed E-state index contributed by atoms with van der Waals surface area (Å²) in [5, 5.41) is 0. The molecule has 0 saturated carbocycles. The minimum absolute atomic E-state index is 0.0461. The van der Waals surface area contributed by atoms with Gasteiger partial charge in [-0.1, -0.05) is 6.07 Å². The quantitative estimate of drug-likeness (QED) is 0.781. The predicted molar refractivity (Wildman–Crippen MR) is 65.0 cm³/mol. The van der Waals surface area contributed by atoms with Crippen LogP contribution in [0.3, 0.4) is 0 Å². The van der Waals surface area contributed by atoms with E-state index in [2.05, 4.69) is 4.72 Å². The van der Waals surface area contributed by atoms with Gasteiger partial charge in [0.15, 0.2) is 0 Å². The van der Waals surface area contributed by atoms with Gasteiger partial charge in [0, 0.05) is 24.9 Å². The number of nitrogen functional groups attached to an aromatic ring is 1. The topological polar surface area (TPSA) is 81.4 Å². The van der Waals surface area contributed by atoms with E-state index in [4.69, 9.17) is 10.5 Å². The third-order valence-electron chi connectivity index (χ3n) is 2.71. The van der Waals surface area contributed by atoms with Gasteiger partial charge in [-0.15, -0.1) is 0 Å². The van der Waals surface area contributed by atoms with Crippen molar-refractivity contribution in [2.45, 2.75) is 23.8 Å². The summed E-state index contributed by atoms with van der Waals surface area (Å²) in [5.74, 6) is 0. The molecule has 1 aromatic carbocycles. The summed E-state index contributed by atoms with van der Waals surface area (Å²) in [6.07, 6.45) is 1.42. The van der Waals surface area contributed by atoms with E-state index in [0.717, 1.165) is 0 Å². The van der Waals surface area contributed by atoms with Gasteiger partial charge >= 0.3 is 0 Å². The summed E-state index contributed by atoms with van der Waals surface area (Å²) in [4.78, 5) is 0.212. The van der Waals surface area contributed by atoms with Gasteiger partial charge in [0.2, 0.25) is 10.0 Å². The Bertz CT molecular complexity index is 481. The fraction of sp³-hybridized carbons (Fsp3) is 0.455. The molecule has 0 aliphatic carbocycles. The molecule has 1 saturated heterocycles. The number of sulfonamides is 1. The normalized spacial score (nSPS) is 18.1. The van der Waals surface area contributed by atoms with Crippen LogP contribution in [0.5, 0.6) is 0 Å². The summed E-state index contributed by atoms with van der Waals surface area (Å²) < 4.78 is 31.9. The van der Waals surface area contributed by atoms with Crippen LogP contribution in [0.25, 0.3) is 0 Å². The summed E-state index contributed by atoms with van der Waals surface area (Å²) in [5.41, 5.74) is 6.02. The Hall–Kier alpha value is -1.11. The molecule has 0 bridgehead atoms. The van der Waals surface area contributed by atoms with Crippen molar-refractivity contribution in [3.8, 4) is 0 Å². The molecule has 5 nitrogen and oxygen atoms in total. The molecule has 2 rings (SSSR count). The van der Waals surface area contributed by atoms with E-state index in [1.807, 2.05) is 0 Å². The number of hydrogen-bond donors (Lipinski definition) is 2. The van der Waals surface area contributed by atoms with E-state index in [1.165, 1.54) is 12.1 Å². The first-order valence-corrected chi connectivity index (χ1v) is 7.02. The number of nitrogens with two attached hydrogens (primary N) is 1. The van der Waals surface area contributed by atoms with Gasteiger partial charge in [0.05, 0.1) is 4.90 Å². The molecular formula is C11H16N2O3S. The SMILES string of the molecule is Nc1cccc(S(=O)(=O)NC2CCOCC2)c1. The van der Waals surface area contributed by atoms with Crippen molar-refractivity contribution >= 4 is 15.7 Å². The fourth-order valence-corrected chi connectivity index (χ4v) is 3.14. The molecule has 1 aliphatic rings. The lowest BCUT2D eigenvalue weighted by Gasteiger charge is -2.22. The molecule has 3 N–H and O–H groups in total. The van der Waals surface area contributed by atoms with Crippen molar-refractivity contribution in [1.82, 2.24) is 4.72 Å². The highest BCUT2D eigenvalue weighted by atomic mass is 32.2. The predicted octanol–water partition coefficient (Wildman–Crippen LogP) is 0.726. The third-order valence-corrected chi connectivity index (χ3v) is 4.23. The second kappa shape index (κ2) is 5.03. The lowest BCUT2D eigenvalue weighted by Crippen LogP contribution is -2.38. The molecule has 0 amide bonds. The Balaban J connectivity index is 2.13. The maximum atomic E-state index is 12.0. The second-order valence-electron chi connectivity index (χ2n) is 4.08. The van der Waals surface area contributed by atoms with Crippen LogP contribution in [0.2, 0.25) is 0 Å². The minimum atomic E-state index is -3.47. The molecule has 1 aliphatic heterocycles. The van der Waals surface area contributed by atoms with E-state index >= 15 is 0 Å². The van der Waals surface area contributed by atoms with Gasteiger partial charge in [-0.05, 0) is 31.0 Å². The Morgan fingerprint density at radius 1 is 1.29 bits per heavy atom. The number of benzene rings is 1. The molecular weight excluding hydrogens is 240 g/mol. The number of ether oxygens (including phenoxy) is 1. The van der Waals surface area contributed by atoms with Crippen molar-refractivity contribution in [2.75, 3.05) is 18.9 Å². The summed E-state index contributed by atoms with van der Waals surface area (Å²) >= 11 is 0. The fourth-order valence-electron chi connectivity index (χ4n) is 1.78. The van der Waals surface area contributed by atoms with Crippen LogP contribution in [0.4, 0.5) is 5.69 Å². The smallest absolute Gasteiger partial charge is 0.240 e. The molecule has 1 fully saturated rings. The molecule has 0 spiro atoms. The highest BCUT2D eigenvalue weighted by Gasteiger charge is 2.21. The number of nitrogens with one attached hydrogen (secondary N) is 1. The van der Waals surface area contributed by atoms with Crippen LogP contribution in [0, 0.1) is 0 Å². The minimum Gasteiger partial charge on any atom is -0.399 e. The molecule has 0 aromatic heterocycles. The van der Waals surface area contributed by atoms with Crippen molar-refractivity contribution in [3.63, 3.8) is 0 Å². The Morgan fingerprint density at radius 2 is 2.00 bits per heavy atom. The Labute approximate surface area is 101 Å². The largest absolute Gasteiger partial charge is 0.399 e. The average molecular weight is 256 g/mol. The van der Waals surface area contributed by atoms with Gasteiger partial charge in [-0.2, -0.15) is 0 Å². The number of anilines is 1. The average Bonchev–Trinajstić information content (AvgIpc) is 2.30. The lowest BCUT2D eigenvalue weighted by molar-refractivity contribution is 0.0832. The van der Waals surface area contributed by atoms with Gasteiger partial charge in [0.25, 0.3) is 0 Å². The van der Waals surface area contributed by atoms with E-state index in [9.17, 15) is 8.42 Å². The van der Waals surface area contributed by atoms with Crippen molar-refractivity contribution in [1.29, 1.82) is 0 Å². The molecule has 0 radical (unpaired) electrons. The summed E-state index contributed by atoms with van der Waals surface area (Å²) in [7, 11) is -3.47. The number of rotatable bonds is 3. The zero-order valence-corrected chi connectivity index (χ0v) is 10.2. The first-order chi connectivity index (χ1) is 8.08. The molecule has 17 heavy (non-hydrogen) atoms. The van der Waals surface area contributed by atoms with E-state index in [1.54, 1.807) is 12.1 Å². The highest BCUT2D eigenvalue weighted by molar-refractivity contribution is 7.89. The van der Waals surface area contributed by atoms with Gasteiger partial charge in [-0.25, -0.2) is 13.1 Å². The van der Waals surface area contributed by atoms with E-state index in [0.29, 0.717) is 31.7 Å². The molecule has 6 heteroatoms. The molecule has 1 heterocycles. The van der Waals surface area contributed by atoms with Crippen molar-refractivity contribution < 1.29 is 13.2 Å². The van der Waals surface area contributed by atoms with Crippen LogP contribution in [-0.2, 0) is 14.8 Å². The Kier molecular flexibility index (Phi) is 3.66. The van der Waals surface area contributed by atoms with Crippen molar-refractivity contribution in [3.05, 3.63) is 24.3 Å². The maximum Gasteiger partial charge on any atom is 0.240 e. The van der Waals surface area contributed by atoms with Crippen LogP contribution in [0.1, 0.15) is 12.8 Å². The standard InChI is InChI=1S/C11H16N2O3S/c12-9-2-1-3-11(8-9)17(14,15)13-10-4-6-16-7-5-10/h1-3,8,10,13H,4-7,12H2. The van der Waals surface area contributed by atoms with E-state index in [-0.39, 0.29) is 10.9 Å². The maximum absolute atomic E-state index is 12.0. The van der Waals surface area contributed by atoms with Gasteiger partial charge < -0.3 is 10.5 Å². The Morgan fingerprint density at radius 3 is 2.65 bits per heavy atom. The lowest BCUT2D eigenvalue weighted by atomic mass is 10.1. The first-order valence-electron chi connectivity index (χ1n) is 5.53. The van der Waals surface area contributed by atoms with Gasteiger partial charge in [-0.3, -0.25) is 0 Å². The third kappa shape index (κ3) is 3.18. The molecule has 0 atom stereocenters. The number of hydrogen-bond acceptors (Lipinski definition) is 4. The summed E-state index contributed by atoms with van der Waals surface area (Å²) in [6.45, 7) is 1.20. The molecule has 94 valence electrons. The van der Waals surface area contributed by atoms with Crippen LogP contribution in [-0.4, -0.2) is 27.7 Å². The van der Waals surface area contributed by atoms with E-state index < -0.39 is 10.0 Å². The second-order valence-corrected chi connectivity index (χ2v) is 5.79. The first kappa shape index (κ1) is 12.3. The molecule has 1 aromatic rings. The van der Waals surface area contributed by atoms with Crippen molar-refractivity contribution in [2.24, 2.45) is 0 Å². The zero-order chi connectivity index (χ0) is 12.3. The van der Waals surface area contributed by atoms with Crippen LogP contribution in [0.15, 0.2) is 29.2 Å².